The number of hydrogen-bond acceptors (Lipinski definition) is 4. The lowest BCUT2D eigenvalue weighted by Gasteiger charge is -2.42. The van der Waals surface area contributed by atoms with E-state index in [0.29, 0.717) is 6.61 Å². The number of ether oxygens (including phenoxy) is 1. The van der Waals surface area contributed by atoms with Gasteiger partial charge in [0.2, 0.25) is 0 Å². The van der Waals surface area contributed by atoms with Gasteiger partial charge < -0.3 is 9.16 Å². The second kappa shape index (κ2) is 8.12. The fraction of sp³-hybridized carbons (Fsp3) is 0.273. The van der Waals surface area contributed by atoms with Crippen molar-refractivity contribution in [1.82, 2.24) is 10.2 Å². The number of nitrogens with zero attached hydrogens (tertiary/aromatic N) is 1. The quantitative estimate of drug-likeness (QED) is 0.515. The van der Waals surface area contributed by atoms with Crippen LogP contribution in [0.5, 0.6) is 0 Å². The summed E-state index contributed by atoms with van der Waals surface area (Å²) >= 11 is 0. The SMILES string of the molecule is COC(=O)c1cc(CO[Si](c2ccccc2)(c2ccccc2)C(C)(C)C)[nH]n1. The van der Waals surface area contributed by atoms with Crippen LogP contribution >= 0.6 is 0 Å². The lowest BCUT2D eigenvalue weighted by Crippen LogP contribution is -2.66. The Balaban J connectivity index is 2.04. The number of methoxy groups -OCH3 is 1. The van der Waals surface area contributed by atoms with Crippen LogP contribution in [0.2, 0.25) is 5.04 Å². The highest BCUT2D eigenvalue weighted by Gasteiger charge is 2.50. The van der Waals surface area contributed by atoms with Crippen molar-refractivity contribution in [2.45, 2.75) is 32.4 Å². The molecule has 3 aromatic rings. The fourth-order valence-corrected chi connectivity index (χ4v) is 8.12. The molecule has 2 aromatic carbocycles. The van der Waals surface area contributed by atoms with Crippen LogP contribution in [-0.4, -0.2) is 31.6 Å². The van der Waals surface area contributed by atoms with Gasteiger partial charge in [0.05, 0.1) is 19.4 Å². The highest BCUT2D eigenvalue weighted by molar-refractivity contribution is 6.99. The predicted molar refractivity (Wildman–Crippen MR) is 112 cm³/mol. The highest BCUT2D eigenvalue weighted by atomic mass is 28.4. The zero-order valence-corrected chi connectivity index (χ0v) is 17.7. The Morgan fingerprint density at radius 3 is 2.00 bits per heavy atom. The van der Waals surface area contributed by atoms with Crippen molar-refractivity contribution < 1.29 is 14.0 Å². The number of rotatable bonds is 6. The molecule has 28 heavy (non-hydrogen) atoms. The average molecular weight is 395 g/mol. The number of benzene rings is 2. The summed E-state index contributed by atoms with van der Waals surface area (Å²) in [6.45, 7) is 7.02. The van der Waals surface area contributed by atoms with Crippen LogP contribution in [0.4, 0.5) is 0 Å². The van der Waals surface area contributed by atoms with Gasteiger partial charge in [-0.2, -0.15) is 5.10 Å². The molecule has 0 fully saturated rings. The first-order chi connectivity index (χ1) is 13.4. The normalized spacial score (nSPS) is 12.0. The zero-order valence-electron chi connectivity index (χ0n) is 16.7. The molecule has 0 saturated heterocycles. The largest absolute Gasteiger partial charge is 0.464 e. The van der Waals surface area contributed by atoms with Crippen LogP contribution in [0.25, 0.3) is 0 Å². The molecule has 0 bridgehead atoms. The molecule has 0 amide bonds. The molecule has 0 aliphatic carbocycles. The maximum Gasteiger partial charge on any atom is 0.358 e. The summed E-state index contributed by atoms with van der Waals surface area (Å²) in [5.41, 5.74) is 0.997. The Kier molecular flexibility index (Phi) is 5.81. The van der Waals surface area contributed by atoms with Crippen LogP contribution in [-0.2, 0) is 15.8 Å². The summed E-state index contributed by atoms with van der Waals surface area (Å²) in [7, 11) is -1.28. The predicted octanol–water partition coefficient (Wildman–Crippen LogP) is 3.27. The van der Waals surface area contributed by atoms with Gasteiger partial charge in [-0.25, -0.2) is 4.79 Å². The van der Waals surface area contributed by atoms with E-state index in [1.165, 1.54) is 17.5 Å². The number of aromatic amines is 1. The number of hydrogen-bond donors (Lipinski definition) is 1. The fourth-order valence-electron chi connectivity index (χ4n) is 3.59. The van der Waals surface area contributed by atoms with Crippen molar-refractivity contribution in [3.63, 3.8) is 0 Å². The summed E-state index contributed by atoms with van der Waals surface area (Å²) in [5.74, 6) is -0.465. The third-order valence-corrected chi connectivity index (χ3v) is 9.87. The van der Waals surface area contributed by atoms with Gasteiger partial charge >= 0.3 is 5.97 Å². The number of H-pyrrole nitrogens is 1. The van der Waals surface area contributed by atoms with E-state index in [9.17, 15) is 4.79 Å². The first kappa shape index (κ1) is 20.0. The zero-order chi connectivity index (χ0) is 20.2. The molecular formula is C22H26N2O3Si. The van der Waals surface area contributed by atoms with Crippen molar-refractivity contribution in [3.05, 3.63) is 78.1 Å². The minimum absolute atomic E-state index is 0.110. The molecule has 146 valence electrons. The Morgan fingerprint density at radius 1 is 1.00 bits per heavy atom. The standard InChI is InChI=1S/C22H26N2O3Si/c1-22(2,3)28(18-11-7-5-8-12-18,19-13-9-6-10-14-19)27-16-17-15-20(24-23-17)21(25)26-4/h5-15H,16H2,1-4H3,(H,23,24). The molecule has 0 spiro atoms. The van der Waals surface area contributed by atoms with Gasteiger partial charge in [-0.05, 0) is 21.5 Å². The number of esters is 1. The topological polar surface area (TPSA) is 64.2 Å². The molecule has 0 atom stereocenters. The molecule has 0 unspecified atom stereocenters. The Hall–Kier alpha value is -2.70. The smallest absolute Gasteiger partial charge is 0.358 e. The Morgan fingerprint density at radius 2 is 1.54 bits per heavy atom. The van der Waals surface area contributed by atoms with Crippen LogP contribution in [0.1, 0.15) is 37.0 Å². The molecular weight excluding hydrogens is 368 g/mol. The van der Waals surface area contributed by atoms with E-state index < -0.39 is 14.3 Å². The monoisotopic (exact) mass is 394 g/mol. The van der Waals surface area contributed by atoms with Crippen LogP contribution in [0, 0.1) is 0 Å². The molecule has 0 saturated carbocycles. The molecule has 0 aliphatic heterocycles. The molecule has 1 aromatic heterocycles. The number of carbonyl (C=O) groups excluding carboxylic acids is 1. The highest BCUT2D eigenvalue weighted by Crippen LogP contribution is 2.37. The van der Waals surface area contributed by atoms with Gasteiger partial charge in [-0.3, -0.25) is 5.10 Å². The van der Waals surface area contributed by atoms with Crippen LogP contribution in [0.3, 0.4) is 0 Å². The van der Waals surface area contributed by atoms with Gasteiger partial charge in [0.1, 0.15) is 0 Å². The summed E-state index contributed by atoms with van der Waals surface area (Å²) in [4.78, 5) is 11.7. The second-order valence-electron chi connectivity index (χ2n) is 7.72. The van der Waals surface area contributed by atoms with Crippen molar-refractivity contribution in [1.29, 1.82) is 0 Å². The van der Waals surface area contributed by atoms with Crippen molar-refractivity contribution in [2.75, 3.05) is 7.11 Å². The Labute approximate surface area is 166 Å². The van der Waals surface area contributed by atoms with E-state index in [1.807, 2.05) is 12.1 Å². The van der Waals surface area contributed by atoms with Gasteiger partial charge in [0.25, 0.3) is 8.32 Å². The maximum atomic E-state index is 11.7. The molecule has 0 radical (unpaired) electrons. The molecule has 6 heteroatoms. The molecule has 3 rings (SSSR count). The number of carbonyl (C=O) groups is 1. The first-order valence-electron chi connectivity index (χ1n) is 9.26. The molecule has 1 heterocycles. The number of nitrogens with one attached hydrogen (secondary N) is 1. The summed E-state index contributed by atoms with van der Waals surface area (Å²) in [6, 6.07) is 22.6. The third-order valence-electron chi connectivity index (χ3n) is 4.89. The molecule has 1 N–H and O–H groups in total. The van der Waals surface area contributed by atoms with E-state index in [0.717, 1.165) is 5.69 Å². The lowest BCUT2D eigenvalue weighted by atomic mass is 10.2. The summed E-state index contributed by atoms with van der Waals surface area (Å²) < 4.78 is 11.5. The minimum atomic E-state index is -2.62. The van der Waals surface area contributed by atoms with Gasteiger partial charge in [0.15, 0.2) is 5.69 Å². The van der Waals surface area contributed by atoms with Gasteiger partial charge in [-0.1, -0.05) is 81.4 Å². The third kappa shape index (κ3) is 3.79. The summed E-state index contributed by atoms with van der Waals surface area (Å²) in [5, 5.41) is 9.23. The van der Waals surface area contributed by atoms with E-state index in [2.05, 4.69) is 79.5 Å². The van der Waals surface area contributed by atoms with E-state index >= 15 is 0 Å². The average Bonchev–Trinajstić information content (AvgIpc) is 3.17. The van der Waals surface area contributed by atoms with E-state index in [1.54, 1.807) is 6.07 Å². The lowest BCUT2D eigenvalue weighted by molar-refractivity contribution is 0.0594. The minimum Gasteiger partial charge on any atom is -0.464 e. The van der Waals surface area contributed by atoms with Crippen molar-refractivity contribution in [2.24, 2.45) is 0 Å². The van der Waals surface area contributed by atoms with E-state index in [4.69, 9.17) is 9.16 Å². The maximum absolute atomic E-state index is 11.7. The second-order valence-corrected chi connectivity index (χ2v) is 12.0. The Bertz CT molecular complexity index is 878. The van der Waals surface area contributed by atoms with Crippen LogP contribution in [0.15, 0.2) is 66.7 Å². The first-order valence-corrected chi connectivity index (χ1v) is 11.2. The number of aromatic nitrogens is 2. The molecule has 5 nitrogen and oxygen atoms in total. The van der Waals surface area contributed by atoms with Crippen LogP contribution < -0.4 is 10.4 Å². The van der Waals surface area contributed by atoms with Gasteiger partial charge in [0, 0.05) is 0 Å². The van der Waals surface area contributed by atoms with Crippen molar-refractivity contribution in [3.8, 4) is 0 Å². The van der Waals surface area contributed by atoms with Crippen molar-refractivity contribution >= 4 is 24.7 Å². The molecule has 0 aliphatic rings. The summed E-state index contributed by atoms with van der Waals surface area (Å²) in [6.07, 6.45) is 0. The van der Waals surface area contributed by atoms with Gasteiger partial charge in [-0.15, -0.1) is 0 Å². The van der Waals surface area contributed by atoms with E-state index in [-0.39, 0.29) is 10.7 Å².